The molecule has 6 nitrogen and oxygen atoms in total. The summed E-state index contributed by atoms with van der Waals surface area (Å²) in [6, 6.07) is 0. The van der Waals surface area contributed by atoms with Crippen molar-refractivity contribution in [2.24, 2.45) is 0 Å². The molecule has 19 heavy (non-hydrogen) atoms. The van der Waals surface area contributed by atoms with Crippen LogP contribution in [-0.2, 0) is 21.7 Å². The molecule has 0 radical (unpaired) electrons. The molecule has 0 saturated carbocycles. The maximum atomic E-state index is 8.93. The molecule has 0 bridgehead atoms. The Labute approximate surface area is 134 Å². The minimum absolute atomic E-state index is 0. The van der Waals surface area contributed by atoms with E-state index in [1.54, 1.807) is 41.5 Å². The first-order valence-corrected chi connectivity index (χ1v) is 5.97. The van der Waals surface area contributed by atoms with Gasteiger partial charge in [-0.05, 0) is 0 Å². The van der Waals surface area contributed by atoms with Crippen LogP contribution in [0.4, 0.5) is 0 Å². The van der Waals surface area contributed by atoms with Gasteiger partial charge in [0.25, 0.3) is 0 Å². The first kappa shape index (κ1) is 42.7. The second kappa shape index (κ2) is 135. The van der Waals surface area contributed by atoms with Crippen LogP contribution in [0, 0.1) is 0 Å². The third-order valence-corrected chi connectivity index (χ3v) is 0. The summed E-state index contributed by atoms with van der Waals surface area (Å²) in [5.74, 6) is 0. The van der Waals surface area contributed by atoms with Gasteiger partial charge in [-0.3, -0.25) is 0 Å². The van der Waals surface area contributed by atoms with Crippen molar-refractivity contribution in [2.45, 2.75) is 41.5 Å². The van der Waals surface area contributed by atoms with Crippen molar-refractivity contribution in [1.82, 2.24) is 0 Å². The molecule has 0 rings (SSSR count). The van der Waals surface area contributed by atoms with Crippen LogP contribution in [0.5, 0.6) is 0 Å². The van der Waals surface area contributed by atoms with E-state index >= 15 is 0 Å². The van der Waals surface area contributed by atoms with E-state index < -0.39 is 0 Å². The van der Waals surface area contributed by atoms with Crippen LogP contribution in [0.15, 0.2) is 0 Å². The molecule has 0 fully saturated rings. The summed E-state index contributed by atoms with van der Waals surface area (Å²) in [7, 11) is 0. The summed E-state index contributed by atoms with van der Waals surface area (Å²) in [4.78, 5) is 0. The summed E-state index contributed by atoms with van der Waals surface area (Å²) >= 11 is 0. The Morgan fingerprint density at radius 3 is 0.368 bits per heavy atom. The van der Waals surface area contributed by atoms with Crippen LogP contribution < -0.4 is 30.6 Å². The SMILES string of the molecule is CC[O-].CC[O-].CC[O-].CC[O-].CC[O-].CC[O-].[Ti+6]. The quantitative estimate of drug-likeness (QED) is 0.420. The molecule has 0 aromatic rings. The third kappa shape index (κ3) is 22300. The Morgan fingerprint density at radius 2 is 0.368 bits per heavy atom. The zero-order chi connectivity index (χ0) is 16.2. The Hall–Kier alpha value is 0.474. The molecule has 0 aromatic heterocycles. The fraction of sp³-hybridized carbons (Fsp3) is 1.00. The summed E-state index contributed by atoms with van der Waals surface area (Å²) < 4.78 is 0. The maximum Gasteiger partial charge on any atom is 6.00 e. The Balaban J connectivity index is -0.0000000180. The van der Waals surface area contributed by atoms with Crippen molar-refractivity contribution < 1.29 is 52.4 Å². The van der Waals surface area contributed by atoms with Gasteiger partial charge in [-0.25, -0.2) is 0 Å². The van der Waals surface area contributed by atoms with Crippen LogP contribution in [-0.4, -0.2) is 39.6 Å². The van der Waals surface area contributed by atoms with Gasteiger partial charge in [-0.15, -0.1) is 39.6 Å². The van der Waals surface area contributed by atoms with Gasteiger partial charge in [0, 0.05) is 0 Å². The van der Waals surface area contributed by atoms with E-state index in [9.17, 15) is 0 Å². The Morgan fingerprint density at radius 1 is 0.368 bits per heavy atom. The molecular formula is C12H30O6Ti. The summed E-state index contributed by atoms with van der Waals surface area (Å²) in [6.45, 7) is 9.42. The topological polar surface area (TPSA) is 138 Å². The minimum Gasteiger partial charge on any atom is -0.855 e. The predicted octanol–water partition coefficient (Wildman–Crippen LogP) is -3.80. The van der Waals surface area contributed by atoms with Crippen molar-refractivity contribution in [3.05, 3.63) is 0 Å². The van der Waals surface area contributed by atoms with Crippen molar-refractivity contribution in [3.8, 4) is 0 Å². The summed E-state index contributed by atoms with van der Waals surface area (Å²) in [5, 5.41) is 53.6. The van der Waals surface area contributed by atoms with Crippen molar-refractivity contribution in [2.75, 3.05) is 39.6 Å². The minimum atomic E-state index is 0. The van der Waals surface area contributed by atoms with Gasteiger partial charge >= 0.3 is 21.7 Å². The van der Waals surface area contributed by atoms with Gasteiger partial charge < -0.3 is 30.6 Å². The van der Waals surface area contributed by atoms with Crippen molar-refractivity contribution in [1.29, 1.82) is 0 Å². The van der Waals surface area contributed by atoms with E-state index in [0.29, 0.717) is 0 Å². The average Bonchev–Trinajstić information content (AvgIpc) is 2.23. The molecule has 0 aromatic carbocycles. The molecule has 0 aliphatic rings. The molecule has 0 spiro atoms. The number of rotatable bonds is 0. The predicted molar refractivity (Wildman–Crippen MR) is 63.2 cm³/mol. The third-order valence-electron chi connectivity index (χ3n) is 0. The van der Waals surface area contributed by atoms with Gasteiger partial charge in [-0.1, -0.05) is 41.5 Å². The molecule has 0 N–H and O–H groups in total. The summed E-state index contributed by atoms with van der Waals surface area (Å²) in [6.07, 6.45) is 0. The van der Waals surface area contributed by atoms with E-state index in [1.165, 1.54) is 0 Å². The molecule has 0 aliphatic heterocycles. The molecule has 0 heterocycles. The van der Waals surface area contributed by atoms with E-state index in [-0.39, 0.29) is 61.4 Å². The monoisotopic (exact) mass is 318 g/mol. The zero-order valence-corrected chi connectivity index (χ0v) is 14.8. The fourth-order valence-corrected chi connectivity index (χ4v) is 0. The van der Waals surface area contributed by atoms with Crippen LogP contribution in [0.2, 0.25) is 0 Å². The standard InChI is InChI=1S/6C2H5O.Ti/c6*1-2-3;/h6*2H2,1H3;/q6*-1;+6. The fourth-order valence-electron chi connectivity index (χ4n) is 0. The maximum absolute atomic E-state index is 8.93. The van der Waals surface area contributed by atoms with Gasteiger partial charge in [0.1, 0.15) is 0 Å². The smallest absolute Gasteiger partial charge is 0.855 e. The van der Waals surface area contributed by atoms with Gasteiger partial charge in [0.05, 0.1) is 0 Å². The van der Waals surface area contributed by atoms with E-state index in [1.807, 2.05) is 0 Å². The van der Waals surface area contributed by atoms with Crippen LogP contribution in [0.1, 0.15) is 41.5 Å². The first-order chi connectivity index (χ1) is 8.49. The molecule has 0 amide bonds. The van der Waals surface area contributed by atoms with Crippen molar-refractivity contribution >= 4 is 0 Å². The Kier molecular flexibility index (Phi) is 303. The van der Waals surface area contributed by atoms with Crippen LogP contribution in [0.25, 0.3) is 0 Å². The van der Waals surface area contributed by atoms with Crippen LogP contribution >= 0.6 is 0 Å². The average molecular weight is 318 g/mol. The van der Waals surface area contributed by atoms with E-state index in [0.717, 1.165) is 0 Å². The van der Waals surface area contributed by atoms with Crippen molar-refractivity contribution in [3.63, 3.8) is 0 Å². The molecule has 0 aliphatic carbocycles. The molecule has 0 atom stereocenters. The van der Waals surface area contributed by atoms with E-state index in [4.69, 9.17) is 30.6 Å². The molecule has 0 saturated heterocycles. The normalized spacial score (nSPS) is 5.68. The molecule has 0 unspecified atom stereocenters. The van der Waals surface area contributed by atoms with Gasteiger partial charge in [0.15, 0.2) is 0 Å². The Bertz CT molecular complexity index is 37.7. The number of hydrogen-bond acceptors (Lipinski definition) is 6. The molecular weight excluding hydrogens is 288 g/mol. The second-order valence-electron chi connectivity index (χ2n) is 1.73. The zero-order valence-electron chi connectivity index (χ0n) is 13.2. The molecule has 7 heteroatoms. The summed E-state index contributed by atoms with van der Waals surface area (Å²) in [5.41, 5.74) is 0. The number of hydrogen-bond donors (Lipinski definition) is 0. The molecule has 118 valence electrons. The second-order valence-corrected chi connectivity index (χ2v) is 1.73. The van der Waals surface area contributed by atoms with Gasteiger partial charge in [0.2, 0.25) is 0 Å². The first-order valence-electron chi connectivity index (χ1n) is 5.97. The van der Waals surface area contributed by atoms with Gasteiger partial charge in [-0.2, -0.15) is 0 Å². The van der Waals surface area contributed by atoms with E-state index in [2.05, 4.69) is 0 Å². The van der Waals surface area contributed by atoms with Crippen LogP contribution in [0.3, 0.4) is 0 Å². The largest absolute Gasteiger partial charge is 6.00 e.